The smallest absolute Gasteiger partial charge is 0.224 e. The number of nitrogens with one attached hydrogen (secondary N) is 1. The Labute approximate surface area is 117 Å². The highest BCUT2D eigenvalue weighted by atomic mass is 35.5. The Morgan fingerprint density at radius 3 is 2.56 bits per heavy atom. The molecule has 0 aromatic heterocycles. The van der Waals surface area contributed by atoms with E-state index in [2.05, 4.69) is 5.32 Å². The number of carbonyl (C=O) groups is 1. The molecular formula is C13H17Cl2NO2. The molecule has 0 saturated carbocycles. The fourth-order valence-corrected chi connectivity index (χ4v) is 1.99. The molecule has 0 spiro atoms. The third kappa shape index (κ3) is 4.48. The van der Waals surface area contributed by atoms with Crippen LogP contribution in [-0.2, 0) is 11.2 Å². The fourth-order valence-electron chi connectivity index (χ4n) is 1.52. The Bertz CT molecular complexity index is 421. The summed E-state index contributed by atoms with van der Waals surface area (Å²) < 4.78 is 0. The van der Waals surface area contributed by atoms with Crippen molar-refractivity contribution in [2.45, 2.75) is 26.3 Å². The van der Waals surface area contributed by atoms with E-state index in [9.17, 15) is 4.79 Å². The summed E-state index contributed by atoms with van der Waals surface area (Å²) in [7, 11) is 0. The van der Waals surface area contributed by atoms with Crippen LogP contribution in [0.2, 0.25) is 10.0 Å². The zero-order chi connectivity index (χ0) is 13.7. The topological polar surface area (TPSA) is 49.3 Å². The van der Waals surface area contributed by atoms with Gasteiger partial charge in [0.1, 0.15) is 0 Å². The van der Waals surface area contributed by atoms with E-state index < -0.39 is 0 Å². The molecule has 0 saturated heterocycles. The highest BCUT2D eigenvalue weighted by molar-refractivity contribution is 6.35. The lowest BCUT2D eigenvalue weighted by Gasteiger charge is -2.20. The monoisotopic (exact) mass is 289 g/mol. The van der Waals surface area contributed by atoms with Gasteiger partial charge in [0, 0.05) is 10.0 Å². The minimum atomic E-state index is -0.233. The van der Waals surface area contributed by atoms with Crippen molar-refractivity contribution in [1.29, 1.82) is 0 Å². The molecule has 1 aromatic carbocycles. The molecule has 0 bridgehead atoms. The van der Waals surface area contributed by atoms with E-state index >= 15 is 0 Å². The first-order valence-corrected chi connectivity index (χ1v) is 6.53. The summed E-state index contributed by atoms with van der Waals surface area (Å²) in [5.41, 5.74) is 0.721. The lowest BCUT2D eigenvalue weighted by Crippen LogP contribution is -2.41. The minimum absolute atomic E-state index is 0.0717. The van der Waals surface area contributed by atoms with Crippen LogP contribution in [0.15, 0.2) is 18.2 Å². The van der Waals surface area contributed by atoms with Crippen LogP contribution in [0.25, 0.3) is 0 Å². The van der Waals surface area contributed by atoms with Crippen molar-refractivity contribution in [3.05, 3.63) is 33.8 Å². The normalized spacial score (nSPS) is 12.6. The van der Waals surface area contributed by atoms with Crippen molar-refractivity contribution in [1.82, 2.24) is 5.32 Å². The summed E-state index contributed by atoms with van der Waals surface area (Å²) in [6, 6.07) is 4.80. The lowest BCUT2D eigenvalue weighted by atomic mass is 10.0. The van der Waals surface area contributed by atoms with Crippen molar-refractivity contribution in [3.8, 4) is 0 Å². The van der Waals surface area contributed by atoms with E-state index in [-0.39, 0.29) is 30.9 Å². The van der Waals surface area contributed by atoms with Crippen LogP contribution in [0.1, 0.15) is 19.4 Å². The van der Waals surface area contributed by atoms with Gasteiger partial charge in [0.05, 0.1) is 19.1 Å². The number of hydrogen-bond donors (Lipinski definition) is 2. The highest BCUT2D eigenvalue weighted by Gasteiger charge is 2.16. The number of hydrogen-bond acceptors (Lipinski definition) is 2. The van der Waals surface area contributed by atoms with Crippen LogP contribution < -0.4 is 5.32 Å². The average molecular weight is 290 g/mol. The molecule has 0 aliphatic carbocycles. The van der Waals surface area contributed by atoms with Gasteiger partial charge in [0.25, 0.3) is 0 Å². The van der Waals surface area contributed by atoms with Crippen LogP contribution in [-0.4, -0.2) is 23.7 Å². The maximum atomic E-state index is 11.8. The summed E-state index contributed by atoms with van der Waals surface area (Å²) in [6.07, 6.45) is 0.180. The molecule has 0 heterocycles. The Morgan fingerprint density at radius 1 is 1.39 bits per heavy atom. The van der Waals surface area contributed by atoms with Crippen LogP contribution in [0.4, 0.5) is 0 Å². The van der Waals surface area contributed by atoms with Gasteiger partial charge >= 0.3 is 0 Å². The van der Waals surface area contributed by atoms with E-state index in [0.717, 1.165) is 5.56 Å². The molecule has 1 rings (SSSR count). The number of aliphatic hydroxyl groups excluding tert-OH is 1. The van der Waals surface area contributed by atoms with Gasteiger partial charge in [-0.1, -0.05) is 43.1 Å². The first-order valence-electron chi connectivity index (χ1n) is 5.78. The number of rotatable bonds is 5. The molecule has 1 unspecified atom stereocenters. The number of aliphatic hydroxyl groups is 1. The lowest BCUT2D eigenvalue weighted by molar-refractivity contribution is -0.121. The van der Waals surface area contributed by atoms with Crippen molar-refractivity contribution >= 4 is 29.1 Å². The van der Waals surface area contributed by atoms with Gasteiger partial charge < -0.3 is 10.4 Å². The van der Waals surface area contributed by atoms with Crippen LogP contribution in [0.3, 0.4) is 0 Å². The van der Waals surface area contributed by atoms with E-state index in [1.165, 1.54) is 0 Å². The number of benzene rings is 1. The molecule has 1 atom stereocenters. The summed E-state index contributed by atoms with van der Waals surface area (Å²) >= 11 is 11.8. The fraction of sp³-hybridized carbons (Fsp3) is 0.462. The molecule has 18 heavy (non-hydrogen) atoms. The molecule has 0 aliphatic heterocycles. The summed E-state index contributed by atoms with van der Waals surface area (Å²) in [4.78, 5) is 11.8. The van der Waals surface area contributed by atoms with Gasteiger partial charge in [-0.05, 0) is 23.6 Å². The van der Waals surface area contributed by atoms with E-state index in [1.54, 1.807) is 18.2 Å². The van der Waals surface area contributed by atoms with Crippen LogP contribution >= 0.6 is 23.2 Å². The third-order valence-electron chi connectivity index (χ3n) is 2.71. The SMILES string of the molecule is CC(C)C(CO)NC(=O)Cc1ccc(Cl)cc1Cl. The van der Waals surface area contributed by atoms with Gasteiger partial charge in [0.2, 0.25) is 5.91 Å². The van der Waals surface area contributed by atoms with Gasteiger partial charge in [-0.2, -0.15) is 0 Å². The number of amides is 1. The maximum Gasteiger partial charge on any atom is 0.224 e. The summed E-state index contributed by atoms with van der Waals surface area (Å²) in [6.45, 7) is 3.81. The molecule has 1 aromatic rings. The number of halogens is 2. The van der Waals surface area contributed by atoms with Crippen molar-refractivity contribution in [2.24, 2.45) is 5.92 Å². The van der Waals surface area contributed by atoms with Gasteiger partial charge in [0.15, 0.2) is 0 Å². The molecule has 0 fully saturated rings. The van der Waals surface area contributed by atoms with Gasteiger partial charge in [-0.3, -0.25) is 4.79 Å². The van der Waals surface area contributed by atoms with E-state index in [0.29, 0.717) is 10.0 Å². The Morgan fingerprint density at radius 2 is 2.06 bits per heavy atom. The molecular weight excluding hydrogens is 273 g/mol. The molecule has 100 valence electrons. The molecule has 5 heteroatoms. The Balaban J connectivity index is 2.64. The third-order valence-corrected chi connectivity index (χ3v) is 3.30. The van der Waals surface area contributed by atoms with Gasteiger partial charge in [-0.25, -0.2) is 0 Å². The highest BCUT2D eigenvalue weighted by Crippen LogP contribution is 2.21. The molecule has 0 radical (unpaired) electrons. The molecule has 2 N–H and O–H groups in total. The van der Waals surface area contributed by atoms with E-state index in [4.69, 9.17) is 28.3 Å². The second kappa shape index (κ2) is 6.98. The molecule has 3 nitrogen and oxygen atoms in total. The van der Waals surface area contributed by atoms with Crippen LogP contribution in [0.5, 0.6) is 0 Å². The predicted octanol–water partition coefficient (Wildman–Crippen LogP) is 2.67. The maximum absolute atomic E-state index is 11.8. The number of carbonyl (C=O) groups excluding carboxylic acids is 1. The zero-order valence-corrected chi connectivity index (χ0v) is 11.9. The summed E-state index contributed by atoms with van der Waals surface area (Å²) in [5, 5.41) is 12.9. The van der Waals surface area contributed by atoms with E-state index in [1.807, 2.05) is 13.8 Å². The Kier molecular flexibility index (Phi) is 5.93. The summed E-state index contributed by atoms with van der Waals surface area (Å²) in [5.74, 6) is 0.0200. The van der Waals surface area contributed by atoms with Crippen molar-refractivity contribution < 1.29 is 9.90 Å². The standard InChI is InChI=1S/C13H17Cl2NO2/c1-8(2)12(7-17)16-13(18)5-9-3-4-10(14)6-11(9)15/h3-4,6,8,12,17H,5,7H2,1-2H3,(H,16,18). The first-order chi connectivity index (χ1) is 8.43. The quantitative estimate of drug-likeness (QED) is 0.876. The van der Waals surface area contributed by atoms with Crippen LogP contribution in [0, 0.1) is 5.92 Å². The van der Waals surface area contributed by atoms with Gasteiger partial charge in [-0.15, -0.1) is 0 Å². The second-order valence-electron chi connectivity index (χ2n) is 4.51. The molecule has 1 amide bonds. The first kappa shape index (κ1) is 15.3. The second-order valence-corrected chi connectivity index (χ2v) is 5.36. The molecule has 0 aliphatic rings. The largest absolute Gasteiger partial charge is 0.394 e. The Hall–Kier alpha value is -0.770. The minimum Gasteiger partial charge on any atom is -0.394 e. The predicted molar refractivity (Wildman–Crippen MR) is 74.0 cm³/mol. The van der Waals surface area contributed by atoms with Crippen molar-refractivity contribution in [3.63, 3.8) is 0 Å². The average Bonchev–Trinajstić information content (AvgIpc) is 2.29. The van der Waals surface area contributed by atoms with Crippen molar-refractivity contribution in [2.75, 3.05) is 6.61 Å². The zero-order valence-electron chi connectivity index (χ0n) is 10.4.